The van der Waals surface area contributed by atoms with E-state index in [-0.39, 0.29) is 0 Å². The van der Waals surface area contributed by atoms with Crippen LogP contribution in [0.4, 0.5) is 17.7 Å². The molecule has 2 nitrogen and oxygen atoms in total. The van der Waals surface area contributed by atoms with Crippen LogP contribution in [-0.4, -0.2) is 19.1 Å². The van der Waals surface area contributed by atoms with Crippen molar-refractivity contribution in [2.75, 3.05) is 7.11 Å². The highest BCUT2D eigenvalue weighted by atomic mass is 19.4. The predicted molar refractivity (Wildman–Crippen MR) is 23.7 cm³/mol. The van der Waals surface area contributed by atoms with Crippen molar-refractivity contribution in [2.24, 2.45) is 0 Å². The molecule has 1 atom stereocenters. The van der Waals surface area contributed by atoms with E-state index in [0.29, 0.717) is 14.0 Å². The number of hydrogen-bond donors (Lipinski definition) is 0. The summed E-state index contributed by atoms with van der Waals surface area (Å²) in [6, 6.07) is 0. The summed E-state index contributed by atoms with van der Waals surface area (Å²) in [5, 5.41) is 0. The zero-order valence-electron chi connectivity index (χ0n) is 5.33. The van der Waals surface area contributed by atoms with Gasteiger partial charge in [0, 0.05) is 14.0 Å². The molecule has 0 spiro atoms. The molecule has 6 heteroatoms. The van der Waals surface area contributed by atoms with Crippen LogP contribution in [0.5, 0.6) is 0 Å². The molecule has 0 aliphatic rings. The summed E-state index contributed by atoms with van der Waals surface area (Å²) in [4.78, 5) is 2.06. The van der Waals surface area contributed by atoms with Crippen molar-refractivity contribution in [1.29, 1.82) is 0 Å². The number of rotatable bonds is 3. The SMILES string of the molecule is COC(C)(F)C(F)(F)OF. The van der Waals surface area contributed by atoms with Gasteiger partial charge in [-0.1, -0.05) is 0 Å². The molecule has 62 valence electrons. The molecule has 0 fully saturated rings. The number of methoxy groups -OCH3 is 1. The third kappa shape index (κ3) is 1.57. The number of ether oxygens (including phenoxy) is 1. The fourth-order valence-electron chi connectivity index (χ4n) is 0.188. The lowest BCUT2D eigenvalue weighted by atomic mass is 10.3. The van der Waals surface area contributed by atoms with Crippen molar-refractivity contribution in [3.8, 4) is 0 Å². The van der Waals surface area contributed by atoms with Gasteiger partial charge in [0.05, 0.1) is 0 Å². The maximum atomic E-state index is 12.3. The van der Waals surface area contributed by atoms with Crippen molar-refractivity contribution in [2.45, 2.75) is 18.9 Å². The average Bonchev–Trinajstić information content (AvgIpc) is 1.88. The number of halogens is 4. The minimum absolute atomic E-state index is 0.354. The van der Waals surface area contributed by atoms with E-state index >= 15 is 0 Å². The van der Waals surface area contributed by atoms with Crippen LogP contribution in [0.1, 0.15) is 6.92 Å². The van der Waals surface area contributed by atoms with E-state index in [4.69, 9.17) is 0 Å². The Balaban J connectivity index is 4.28. The van der Waals surface area contributed by atoms with E-state index in [2.05, 4.69) is 9.68 Å². The Labute approximate surface area is 54.6 Å². The average molecular weight is 162 g/mol. The van der Waals surface area contributed by atoms with Gasteiger partial charge in [0.1, 0.15) is 0 Å². The molecule has 0 saturated heterocycles. The van der Waals surface area contributed by atoms with Crippen molar-refractivity contribution < 1.29 is 27.4 Å². The van der Waals surface area contributed by atoms with Gasteiger partial charge in [-0.3, -0.25) is 0 Å². The Morgan fingerprint density at radius 3 is 1.70 bits per heavy atom. The number of hydrogen-bond acceptors (Lipinski definition) is 2. The lowest BCUT2D eigenvalue weighted by Gasteiger charge is -2.23. The molecular weight excluding hydrogens is 156 g/mol. The molecule has 0 bridgehead atoms. The summed E-state index contributed by atoms with van der Waals surface area (Å²) in [6.07, 6.45) is -4.57. The topological polar surface area (TPSA) is 18.5 Å². The van der Waals surface area contributed by atoms with Gasteiger partial charge < -0.3 is 4.74 Å². The summed E-state index contributed by atoms with van der Waals surface area (Å²) in [7, 11) is 0.674. The van der Waals surface area contributed by atoms with Crippen molar-refractivity contribution in [1.82, 2.24) is 0 Å². The molecule has 0 N–H and O–H groups in total. The van der Waals surface area contributed by atoms with Crippen LogP contribution in [0.25, 0.3) is 0 Å². The Kier molecular flexibility index (Phi) is 2.61. The zero-order chi connectivity index (χ0) is 8.41. The van der Waals surface area contributed by atoms with Crippen molar-refractivity contribution in [3.05, 3.63) is 0 Å². The largest absolute Gasteiger partial charge is 0.444 e. The van der Waals surface area contributed by atoms with Gasteiger partial charge in [0.25, 0.3) is 0 Å². The molecule has 0 heterocycles. The zero-order valence-corrected chi connectivity index (χ0v) is 5.33. The smallest absolute Gasteiger partial charge is 0.343 e. The van der Waals surface area contributed by atoms with E-state index in [9.17, 15) is 17.7 Å². The molecule has 0 aliphatic carbocycles. The Bertz CT molecular complexity index is 99.8. The standard InChI is InChI=1S/C4H6F4O2/c1-3(5,9-2)4(6,7)10-8/h1-2H3. The van der Waals surface area contributed by atoms with Crippen molar-refractivity contribution >= 4 is 0 Å². The molecular formula is C4H6F4O2. The van der Waals surface area contributed by atoms with Gasteiger partial charge in [0.15, 0.2) is 0 Å². The maximum absolute atomic E-state index is 12.3. The Hall–Kier alpha value is -0.360. The Morgan fingerprint density at radius 1 is 1.20 bits per heavy atom. The summed E-state index contributed by atoms with van der Waals surface area (Å²) in [5.74, 6) is -3.44. The summed E-state index contributed by atoms with van der Waals surface area (Å²) in [5.41, 5.74) is 0. The second-order valence-electron chi connectivity index (χ2n) is 1.71. The molecule has 0 amide bonds. The summed E-state index contributed by atoms with van der Waals surface area (Å²) in [6.45, 7) is 0.354. The summed E-state index contributed by atoms with van der Waals surface area (Å²) < 4.78 is 50.4. The highest BCUT2D eigenvalue weighted by molar-refractivity contribution is 4.70. The quantitative estimate of drug-likeness (QED) is 0.589. The molecule has 0 radical (unpaired) electrons. The lowest BCUT2D eigenvalue weighted by Crippen LogP contribution is -2.43. The maximum Gasteiger partial charge on any atom is 0.444 e. The first-order valence-electron chi connectivity index (χ1n) is 2.29. The minimum Gasteiger partial charge on any atom is -0.343 e. The minimum atomic E-state index is -4.57. The van der Waals surface area contributed by atoms with E-state index < -0.39 is 12.0 Å². The third-order valence-corrected chi connectivity index (χ3v) is 1.00. The van der Waals surface area contributed by atoms with Gasteiger partial charge in [-0.2, -0.15) is 8.78 Å². The molecule has 0 aromatic heterocycles. The van der Waals surface area contributed by atoms with E-state index in [1.54, 1.807) is 0 Å². The predicted octanol–water partition coefficient (Wildman–Crippen LogP) is 1.81. The van der Waals surface area contributed by atoms with E-state index in [1.807, 2.05) is 0 Å². The third-order valence-electron chi connectivity index (χ3n) is 1.00. The normalized spacial score (nSPS) is 18.6. The van der Waals surface area contributed by atoms with Crippen LogP contribution >= 0.6 is 0 Å². The molecule has 0 aromatic carbocycles. The Morgan fingerprint density at radius 2 is 1.60 bits per heavy atom. The van der Waals surface area contributed by atoms with Crippen LogP contribution in [0, 0.1) is 0 Å². The highest BCUT2D eigenvalue weighted by Crippen LogP contribution is 2.33. The van der Waals surface area contributed by atoms with Crippen LogP contribution in [-0.2, 0) is 9.68 Å². The molecule has 1 unspecified atom stereocenters. The monoisotopic (exact) mass is 162 g/mol. The molecule has 0 saturated carbocycles. The molecule has 0 aromatic rings. The second kappa shape index (κ2) is 2.71. The van der Waals surface area contributed by atoms with Gasteiger partial charge in [-0.05, 0) is 4.53 Å². The van der Waals surface area contributed by atoms with Gasteiger partial charge in [-0.25, -0.2) is 4.39 Å². The van der Waals surface area contributed by atoms with Crippen LogP contribution in [0.2, 0.25) is 0 Å². The number of alkyl halides is 3. The van der Waals surface area contributed by atoms with Crippen LogP contribution in [0.15, 0.2) is 0 Å². The first-order chi connectivity index (χ1) is 4.37. The van der Waals surface area contributed by atoms with Gasteiger partial charge in [-0.15, -0.1) is 4.94 Å². The van der Waals surface area contributed by atoms with E-state index in [0.717, 1.165) is 0 Å². The van der Waals surface area contributed by atoms with E-state index in [1.165, 1.54) is 0 Å². The fraction of sp³-hybridized carbons (Fsp3) is 1.00. The first kappa shape index (κ1) is 9.64. The molecule has 0 rings (SSSR count). The highest BCUT2D eigenvalue weighted by Gasteiger charge is 2.55. The fourth-order valence-corrected chi connectivity index (χ4v) is 0.188. The van der Waals surface area contributed by atoms with Crippen molar-refractivity contribution in [3.63, 3.8) is 0 Å². The lowest BCUT2D eigenvalue weighted by molar-refractivity contribution is -0.438. The molecule has 10 heavy (non-hydrogen) atoms. The molecule has 0 aliphatic heterocycles. The van der Waals surface area contributed by atoms with Crippen LogP contribution in [0.3, 0.4) is 0 Å². The summed E-state index contributed by atoms with van der Waals surface area (Å²) >= 11 is 0. The second-order valence-corrected chi connectivity index (χ2v) is 1.71. The van der Waals surface area contributed by atoms with Gasteiger partial charge in [0.2, 0.25) is 0 Å². The van der Waals surface area contributed by atoms with Gasteiger partial charge >= 0.3 is 12.0 Å². The first-order valence-corrected chi connectivity index (χ1v) is 2.29. The van der Waals surface area contributed by atoms with Crippen LogP contribution < -0.4 is 0 Å².